The number of ether oxygens (including phenoxy) is 1. The lowest BCUT2D eigenvalue weighted by Gasteiger charge is -2.53. The first kappa shape index (κ1) is 20.1. The molecule has 4 atom stereocenters. The summed E-state index contributed by atoms with van der Waals surface area (Å²) in [5.74, 6) is -0.195. The Kier molecular flexibility index (Phi) is 5.05. The number of esters is 1. The Morgan fingerprint density at radius 1 is 1.19 bits per heavy atom. The van der Waals surface area contributed by atoms with Gasteiger partial charge in [0.25, 0.3) is 0 Å². The smallest absolute Gasteiger partial charge is 0.338 e. The molecular weight excluding hydrogens is 336 g/mol. The molecular formula is C24H36O3. The molecule has 150 valence electrons. The Hall–Kier alpha value is -1.61. The Labute approximate surface area is 165 Å². The van der Waals surface area contributed by atoms with Crippen molar-refractivity contribution in [1.82, 2.24) is 0 Å². The van der Waals surface area contributed by atoms with Crippen molar-refractivity contribution < 1.29 is 16.1 Å². The van der Waals surface area contributed by atoms with Crippen LogP contribution in [0.1, 0.15) is 77.7 Å². The maximum Gasteiger partial charge on any atom is 0.338 e. The molecule has 27 heavy (non-hydrogen) atoms. The molecule has 2 aliphatic rings. The van der Waals surface area contributed by atoms with Crippen molar-refractivity contribution in [3.8, 4) is 0 Å². The van der Waals surface area contributed by atoms with E-state index >= 15 is 0 Å². The summed E-state index contributed by atoms with van der Waals surface area (Å²) in [6.45, 7) is 12.7. The molecule has 0 spiro atoms. The van der Waals surface area contributed by atoms with Gasteiger partial charge in [-0.05, 0) is 56.6 Å². The first-order chi connectivity index (χ1) is 12.5. The van der Waals surface area contributed by atoms with E-state index in [4.69, 9.17) is 4.74 Å². The molecule has 0 aliphatic heterocycles. The van der Waals surface area contributed by atoms with E-state index < -0.39 is 11.0 Å². The third-order valence-electron chi connectivity index (χ3n) is 7.76. The highest BCUT2D eigenvalue weighted by atomic mass is 16.5. The third-order valence-corrected chi connectivity index (χ3v) is 7.76. The fraction of sp³-hybridized carbons (Fsp3) is 0.625. The summed E-state index contributed by atoms with van der Waals surface area (Å²) in [6.07, 6.45) is 5.24. The van der Waals surface area contributed by atoms with Crippen LogP contribution in [0.15, 0.2) is 35.9 Å². The molecule has 1 saturated carbocycles. The highest BCUT2D eigenvalue weighted by molar-refractivity contribution is 5.89. The Morgan fingerprint density at radius 2 is 1.81 bits per heavy atom. The molecule has 0 unspecified atom stereocenters. The van der Waals surface area contributed by atoms with E-state index in [2.05, 4.69) is 40.7 Å². The van der Waals surface area contributed by atoms with E-state index in [1.807, 2.05) is 31.2 Å². The van der Waals surface area contributed by atoms with Crippen molar-refractivity contribution in [2.45, 2.75) is 78.9 Å². The molecule has 0 saturated heterocycles. The summed E-state index contributed by atoms with van der Waals surface area (Å²) < 4.78 is 6.16. The van der Waals surface area contributed by atoms with Crippen molar-refractivity contribution in [1.29, 1.82) is 0 Å². The lowest BCUT2D eigenvalue weighted by atomic mass is 9.56. The van der Waals surface area contributed by atoms with Gasteiger partial charge in [0.2, 0.25) is 0 Å². The van der Waals surface area contributed by atoms with Crippen LogP contribution in [0.2, 0.25) is 0 Å². The summed E-state index contributed by atoms with van der Waals surface area (Å²) in [5.41, 5.74) is 1.48. The van der Waals surface area contributed by atoms with E-state index in [-0.39, 0.29) is 24.8 Å². The number of hydrogen-bond acceptors (Lipinski definition) is 3. The van der Waals surface area contributed by atoms with Crippen LogP contribution in [-0.4, -0.2) is 22.8 Å². The maximum absolute atomic E-state index is 12.9. The normalized spacial score (nSPS) is 36.1. The van der Waals surface area contributed by atoms with E-state index in [1.165, 1.54) is 5.57 Å². The second-order valence-corrected chi connectivity index (χ2v) is 9.56. The highest BCUT2D eigenvalue weighted by Gasteiger charge is 2.67. The number of aliphatic hydroxyl groups is 1. The van der Waals surface area contributed by atoms with E-state index in [9.17, 15) is 9.90 Å². The lowest BCUT2D eigenvalue weighted by molar-refractivity contribution is -0.176. The van der Waals surface area contributed by atoms with Crippen molar-refractivity contribution in [2.24, 2.45) is 16.7 Å². The van der Waals surface area contributed by atoms with Crippen LogP contribution >= 0.6 is 0 Å². The fourth-order valence-corrected chi connectivity index (χ4v) is 5.40. The van der Waals surface area contributed by atoms with Crippen LogP contribution in [0.25, 0.3) is 0 Å². The number of fused-ring (bicyclic) bond motifs is 1. The summed E-state index contributed by atoms with van der Waals surface area (Å²) in [7, 11) is 0. The molecule has 3 heteroatoms. The first-order valence-electron chi connectivity index (χ1n) is 10.2. The Morgan fingerprint density at radius 3 is 2.41 bits per heavy atom. The molecule has 1 fully saturated rings. The first-order valence-corrected chi connectivity index (χ1v) is 10.2. The van der Waals surface area contributed by atoms with Gasteiger partial charge in [0.05, 0.1) is 11.2 Å². The largest absolute Gasteiger partial charge is 0.458 e. The minimum Gasteiger partial charge on any atom is -0.458 e. The van der Waals surface area contributed by atoms with Gasteiger partial charge in [0.1, 0.15) is 6.10 Å². The predicted molar refractivity (Wildman–Crippen MR) is 111 cm³/mol. The van der Waals surface area contributed by atoms with E-state index in [0.29, 0.717) is 12.0 Å². The topological polar surface area (TPSA) is 46.5 Å². The molecule has 0 aromatic heterocycles. The second-order valence-electron chi connectivity index (χ2n) is 9.56. The zero-order valence-corrected chi connectivity index (χ0v) is 17.6. The number of aryl methyl sites for hydroxylation is 1. The minimum absolute atomic E-state index is 0. The fourth-order valence-electron chi connectivity index (χ4n) is 5.40. The van der Waals surface area contributed by atoms with Crippen molar-refractivity contribution in [2.75, 3.05) is 0 Å². The summed E-state index contributed by atoms with van der Waals surface area (Å²) in [6, 6.07) is 7.51. The second kappa shape index (κ2) is 6.77. The van der Waals surface area contributed by atoms with Crippen molar-refractivity contribution >= 4 is 5.97 Å². The summed E-state index contributed by atoms with van der Waals surface area (Å²) in [4.78, 5) is 12.9. The van der Waals surface area contributed by atoms with Crippen LogP contribution in [0, 0.1) is 23.7 Å². The van der Waals surface area contributed by atoms with E-state index in [0.717, 1.165) is 24.8 Å². The van der Waals surface area contributed by atoms with Gasteiger partial charge in [-0.25, -0.2) is 4.79 Å². The summed E-state index contributed by atoms with van der Waals surface area (Å²) >= 11 is 0. The van der Waals surface area contributed by atoms with Gasteiger partial charge in [-0.15, -0.1) is 0 Å². The molecule has 0 bridgehead atoms. The highest BCUT2D eigenvalue weighted by Crippen LogP contribution is 2.66. The molecule has 0 radical (unpaired) electrons. The molecule has 1 aromatic carbocycles. The van der Waals surface area contributed by atoms with Gasteiger partial charge in [-0.1, -0.05) is 57.0 Å². The monoisotopic (exact) mass is 372 g/mol. The molecule has 1 aromatic rings. The number of carbonyl (C=O) groups is 1. The average molecular weight is 373 g/mol. The molecule has 3 nitrogen and oxygen atoms in total. The number of carbonyl (C=O) groups excluding carboxylic acids is 1. The average Bonchev–Trinajstić information content (AvgIpc) is 2.77. The predicted octanol–water partition coefficient (Wildman–Crippen LogP) is 5.70. The molecule has 1 N–H and O–H groups in total. The lowest BCUT2D eigenvalue weighted by Crippen LogP contribution is -2.59. The molecule has 0 amide bonds. The number of rotatable bonds is 3. The quantitative estimate of drug-likeness (QED) is 0.547. The summed E-state index contributed by atoms with van der Waals surface area (Å²) in [5, 5.41) is 11.8. The molecule has 2 aliphatic carbocycles. The number of benzene rings is 1. The van der Waals surface area contributed by atoms with Gasteiger partial charge in [-0.3, -0.25) is 0 Å². The van der Waals surface area contributed by atoms with Gasteiger partial charge in [-0.2, -0.15) is 0 Å². The van der Waals surface area contributed by atoms with Gasteiger partial charge in [0.15, 0.2) is 0 Å². The minimum atomic E-state index is -0.849. The van der Waals surface area contributed by atoms with Crippen LogP contribution in [0.5, 0.6) is 0 Å². The number of allylic oxidation sites excluding steroid dienone is 1. The van der Waals surface area contributed by atoms with Crippen LogP contribution in [0.3, 0.4) is 0 Å². The number of hydrogen-bond donors (Lipinski definition) is 1. The van der Waals surface area contributed by atoms with Crippen LogP contribution in [0.4, 0.5) is 0 Å². The maximum atomic E-state index is 12.9. The molecule has 0 heterocycles. The SMILES string of the molecule is CC1=CC[C@@]2(C)CC[C@@](O)(C(C)C)[C@]2(C)[C@@H](OC(=O)c2ccc(C)cc2)C1.[HH]. The van der Waals surface area contributed by atoms with Gasteiger partial charge < -0.3 is 9.84 Å². The Balaban J connectivity index is 0.00000280. The zero-order valence-electron chi connectivity index (χ0n) is 17.6. The Bertz CT molecular complexity index is 754. The standard InChI is InChI=1S/C24H34O3.H2/c1-16(2)24(26)14-13-22(5)12-11-18(4)15-20(23(22,24)6)27-21(25)19-9-7-17(3)8-10-19;/h7-11,16,20,26H,12-15H2,1-6H3;1H/t20-,22-,23+,24+;/m0./s1. The van der Waals surface area contributed by atoms with Crippen LogP contribution in [-0.2, 0) is 4.74 Å². The van der Waals surface area contributed by atoms with Crippen molar-refractivity contribution in [3.63, 3.8) is 0 Å². The zero-order chi connectivity index (χ0) is 20.0. The van der Waals surface area contributed by atoms with Gasteiger partial charge in [0, 0.05) is 13.3 Å². The molecule has 3 rings (SSSR count). The van der Waals surface area contributed by atoms with Crippen molar-refractivity contribution in [3.05, 3.63) is 47.0 Å². The van der Waals surface area contributed by atoms with E-state index in [1.54, 1.807) is 0 Å². The third kappa shape index (κ3) is 3.04. The van der Waals surface area contributed by atoms with Gasteiger partial charge >= 0.3 is 5.97 Å². The van der Waals surface area contributed by atoms with Crippen LogP contribution < -0.4 is 0 Å².